The van der Waals surface area contributed by atoms with Crippen molar-refractivity contribution in [3.63, 3.8) is 0 Å². The summed E-state index contributed by atoms with van der Waals surface area (Å²) in [5.41, 5.74) is 0. The van der Waals surface area contributed by atoms with E-state index in [0.29, 0.717) is 13.0 Å². The molecule has 0 radical (unpaired) electrons. The second-order valence-electron chi connectivity index (χ2n) is 3.63. The third-order valence-electron chi connectivity index (χ3n) is 2.30. The molecule has 3 atom stereocenters. The van der Waals surface area contributed by atoms with Gasteiger partial charge in [0.25, 0.3) is 0 Å². The van der Waals surface area contributed by atoms with Gasteiger partial charge in [0.15, 0.2) is 0 Å². The monoisotopic (exact) mass is 212 g/mol. The lowest BCUT2D eigenvalue weighted by Crippen LogP contribution is -2.09. The van der Waals surface area contributed by atoms with Gasteiger partial charge in [-0.25, -0.2) is 0 Å². The van der Waals surface area contributed by atoms with E-state index >= 15 is 0 Å². The van der Waals surface area contributed by atoms with Gasteiger partial charge < -0.3 is 14.6 Å². The van der Waals surface area contributed by atoms with Gasteiger partial charge in [0, 0.05) is 6.92 Å². The van der Waals surface area contributed by atoms with E-state index in [1.54, 1.807) is 0 Å². The number of aliphatic hydroxyl groups excluding tert-OH is 1. The average molecular weight is 212 g/mol. The van der Waals surface area contributed by atoms with Gasteiger partial charge in [0.1, 0.15) is 18.8 Å². The first-order valence-corrected chi connectivity index (χ1v) is 5.06. The molecule has 84 valence electrons. The van der Waals surface area contributed by atoms with Crippen LogP contribution >= 0.6 is 0 Å². The van der Waals surface area contributed by atoms with Gasteiger partial charge in [-0.3, -0.25) is 4.79 Å². The number of rotatable bonds is 6. The zero-order valence-electron chi connectivity index (χ0n) is 8.81. The van der Waals surface area contributed by atoms with Gasteiger partial charge in [-0.1, -0.05) is 5.92 Å². The van der Waals surface area contributed by atoms with Crippen LogP contribution in [0.3, 0.4) is 0 Å². The third kappa shape index (κ3) is 4.82. The van der Waals surface area contributed by atoms with Crippen molar-refractivity contribution in [3.05, 3.63) is 0 Å². The van der Waals surface area contributed by atoms with Crippen molar-refractivity contribution in [3.8, 4) is 12.3 Å². The van der Waals surface area contributed by atoms with Crippen molar-refractivity contribution in [1.29, 1.82) is 0 Å². The molecular weight excluding hydrogens is 196 g/mol. The van der Waals surface area contributed by atoms with Crippen LogP contribution in [0.1, 0.15) is 26.2 Å². The summed E-state index contributed by atoms with van der Waals surface area (Å²) in [5.74, 6) is 1.97. The number of hydrogen-bond acceptors (Lipinski definition) is 4. The number of carbonyl (C=O) groups excluding carboxylic acids is 1. The van der Waals surface area contributed by atoms with Gasteiger partial charge >= 0.3 is 5.97 Å². The fourth-order valence-electron chi connectivity index (χ4n) is 1.37. The summed E-state index contributed by atoms with van der Waals surface area (Å²) in [6.07, 6.45) is 6.84. The molecule has 4 nitrogen and oxygen atoms in total. The number of epoxide rings is 1. The first-order valence-electron chi connectivity index (χ1n) is 5.06. The fraction of sp³-hybridized carbons (Fsp3) is 0.727. The van der Waals surface area contributed by atoms with E-state index in [0.717, 1.165) is 12.8 Å². The highest BCUT2D eigenvalue weighted by atomic mass is 16.6. The molecule has 1 unspecified atom stereocenters. The standard InChI is InChI=1S/C11H16O4/c1-3-9(13)5-4-6-10-11(15-10)7-14-8(2)12/h1,9-11,13H,4-7H2,2H3/t9?,10-,11-/m0/s1. The van der Waals surface area contributed by atoms with Gasteiger partial charge in [0.2, 0.25) is 0 Å². The summed E-state index contributed by atoms with van der Waals surface area (Å²) in [6.45, 7) is 1.71. The van der Waals surface area contributed by atoms with Crippen LogP contribution in [0.4, 0.5) is 0 Å². The summed E-state index contributed by atoms with van der Waals surface area (Å²) in [7, 11) is 0. The van der Waals surface area contributed by atoms with Crippen molar-refractivity contribution in [2.75, 3.05) is 6.61 Å². The van der Waals surface area contributed by atoms with Gasteiger partial charge in [-0.2, -0.15) is 0 Å². The van der Waals surface area contributed by atoms with E-state index in [4.69, 9.17) is 21.0 Å². The molecule has 15 heavy (non-hydrogen) atoms. The van der Waals surface area contributed by atoms with Crippen LogP contribution in [-0.2, 0) is 14.3 Å². The van der Waals surface area contributed by atoms with Crippen LogP contribution in [0.15, 0.2) is 0 Å². The number of hydrogen-bond donors (Lipinski definition) is 1. The average Bonchev–Trinajstić information content (AvgIpc) is 2.93. The smallest absolute Gasteiger partial charge is 0.302 e. The highest BCUT2D eigenvalue weighted by Crippen LogP contribution is 2.27. The minimum absolute atomic E-state index is 0.0388. The summed E-state index contributed by atoms with van der Waals surface area (Å²) >= 11 is 0. The molecule has 0 aromatic heterocycles. The topological polar surface area (TPSA) is 59.1 Å². The molecule has 0 aromatic rings. The van der Waals surface area contributed by atoms with Crippen molar-refractivity contribution in [2.45, 2.75) is 44.5 Å². The van der Waals surface area contributed by atoms with E-state index in [2.05, 4.69) is 5.92 Å². The maximum absolute atomic E-state index is 10.5. The SMILES string of the molecule is C#CC(O)CCC[C@@H]1O[C@H]1COC(C)=O. The largest absolute Gasteiger partial charge is 0.463 e. The molecule has 0 spiro atoms. The molecular formula is C11H16O4. The molecule has 4 heteroatoms. The molecule has 1 aliphatic heterocycles. The fourth-order valence-corrected chi connectivity index (χ4v) is 1.37. The first kappa shape index (κ1) is 12.0. The van der Waals surface area contributed by atoms with E-state index in [9.17, 15) is 4.79 Å². The lowest BCUT2D eigenvalue weighted by molar-refractivity contribution is -0.141. The second-order valence-corrected chi connectivity index (χ2v) is 3.63. The highest BCUT2D eigenvalue weighted by Gasteiger charge is 2.38. The van der Waals surface area contributed by atoms with E-state index < -0.39 is 6.10 Å². The molecule has 1 aliphatic rings. The van der Waals surface area contributed by atoms with Crippen molar-refractivity contribution in [1.82, 2.24) is 0 Å². The Labute approximate surface area is 89.6 Å². The molecule has 0 bridgehead atoms. The van der Waals surface area contributed by atoms with Crippen LogP contribution in [0, 0.1) is 12.3 Å². The quantitative estimate of drug-likeness (QED) is 0.395. The molecule has 0 aromatic carbocycles. The Hall–Kier alpha value is -1.05. The minimum Gasteiger partial charge on any atom is -0.463 e. The Kier molecular flexibility index (Phi) is 4.60. The van der Waals surface area contributed by atoms with Gasteiger partial charge in [-0.05, 0) is 19.3 Å². The second kappa shape index (κ2) is 5.74. The lowest BCUT2D eigenvalue weighted by Gasteiger charge is -2.01. The molecule has 1 rings (SSSR count). The zero-order valence-corrected chi connectivity index (χ0v) is 8.81. The van der Waals surface area contributed by atoms with Gasteiger partial charge in [0.05, 0.1) is 6.10 Å². The van der Waals surface area contributed by atoms with Crippen molar-refractivity contribution < 1.29 is 19.4 Å². The maximum atomic E-state index is 10.5. The van der Waals surface area contributed by atoms with Crippen LogP contribution in [0.2, 0.25) is 0 Å². The Morgan fingerprint density at radius 3 is 3.00 bits per heavy atom. The summed E-state index contributed by atoms with van der Waals surface area (Å²) in [5, 5.41) is 9.09. The maximum Gasteiger partial charge on any atom is 0.302 e. The summed E-state index contributed by atoms with van der Waals surface area (Å²) < 4.78 is 10.1. The zero-order chi connectivity index (χ0) is 11.3. The molecule has 1 N–H and O–H groups in total. The van der Waals surface area contributed by atoms with Crippen LogP contribution in [-0.4, -0.2) is 36.0 Å². The van der Waals surface area contributed by atoms with E-state index in [-0.39, 0.29) is 18.2 Å². The summed E-state index contributed by atoms with van der Waals surface area (Å²) in [4.78, 5) is 10.5. The Bertz CT molecular complexity index is 256. The van der Waals surface area contributed by atoms with E-state index in [1.165, 1.54) is 6.92 Å². The summed E-state index contributed by atoms with van der Waals surface area (Å²) in [6, 6.07) is 0. The number of carbonyl (C=O) groups is 1. The number of aliphatic hydroxyl groups is 1. The van der Waals surface area contributed by atoms with E-state index in [1.807, 2.05) is 0 Å². The molecule has 0 amide bonds. The van der Waals surface area contributed by atoms with Gasteiger partial charge in [-0.15, -0.1) is 6.42 Å². The van der Waals surface area contributed by atoms with Crippen LogP contribution < -0.4 is 0 Å². The Morgan fingerprint density at radius 1 is 1.67 bits per heavy atom. The molecule has 1 heterocycles. The molecule has 1 fully saturated rings. The number of esters is 1. The Morgan fingerprint density at radius 2 is 2.40 bits per heavy atom. The molecule has 0 saturated carbocycles. The molecule has 1 saturated heterocycles. The van der Waals surface area contributed by atoms with Crippen molar-refractivity contribution >= 4 is 5.97 Å². The third-order valence-corrected chi connectivity index (χ3v) is 2.30. The van der Waals surface area contributed by atoms with Crippen LogP contribution in [0.5, 0.6) is 0 Å². The van der Waals surface area contributed by atoms with Crippen molar-refractivity contribution in [2.24, 2.45) is 0 Å². The minimum atomic E-state index is -0.657. The predicted octanol–water partition coefficient (Wildman–Crippen LogP) is 0.481. The normalized spacial score (nSPS) is 25.4. The Balaban J connectivity index is 1.98. The highest BCUT2D eigenvalue weighted by molar-refractivity contribution is 5.65. The van der Waals surface area contributed by atoms with Crippen LogP contribution in [0.25, 0.3) is 0 Å². The number of ether oxygens (including phenoxy) is 2. The molecule has 0 aliphatic carbocycles. The lowest BCUT2D eigenvalue weighted by atomic mass is 10.1. The first-order chi connectivity index (χ1) is 7.13. The predicted molar refractivity (Wildman–Crippen MR) is 54.0 cm³/mol. The number of terminal acetylenes is 1.